The van der Waals surface area contributed by atoms with Gasteiger partial charge in [0.15, 0.2) is 0 Å². The van der Waals surface area contributed by atoms with Crippen molar-refractivity contribution < 1.29 is 19.5 Å². The zero-order chi connectivity index (χ0) is 21.1. The van der Waals surface area contributed by atoms with Crippen molar-refractivity contribution in [1.29, 1.82) is 0 Å². The van der Waals surface area contributed by atoms with E-state index in [1.54, 1.807) is 42.9 Å². The van der Waals surface area contributed by atoms with Crippen LogP contribution in [0.15, 0.2) is 59.4 Å². The summed E-state index contributed by atoms with van der Waals surface area (Å²) in [6.45, 7) is 1.63. The Morgan fingerprint density at radius 3 is 2.14 bits per heavy atom. The predicted molar refractivity (Wildman–Crippen MR) is 106 cm³/mol. The molecular formula is C20H18N4O5. The molecule has 9 nitrogen and oxygen atoms in total. The van der Waals surface area contributed by atoms with E-state index in [1.807, 2.05) is 6.07 Å². The summed E-state index contributed by atoms with van der Waals surface area (Å²) in [5.41, 5.74) is 0.336. The molecule has 3 aromatic rings. The summed E-state index contributed by atoms with van der Waals surface area (Å²) < 4.78 is 2.92. The first-order valence-corrected chi connectivity index (χ1v) is 8.60. The van der Waals surface area contributed by atoms with Gasteiger partial charge in [0.2, 0.25) is 0 Å². The van der Waals surface area contributed by atoms with E-state index in [4.69, 9.17) is 5.11 Å². The van der Waals surface area contributed by atoms with E-state index in [0.29, 0.717) is 11.4 Å². The first kappa shape index (κ1) is 19.6. The average molecular weight is 394 g/mol. The highest BCUT2D eigenvalue weighted by atomic mass is 16.4. The normalized spacial score (nSPS) is 10.4. The minimum Gasteiger partial charge on any atom is -0.478 e. The van der Waals surface area contributed by atoms with Crippen LogP contribution in [0.2, 0.25) is 0 Å². The topological polar surface area (TPSA) is 122 Å². The molecule has 0 bridgehead atoms. The van der Waals surface area contributed by atoms with Crippen LogP contribution in [0.5, 0.6) is 0 Å². The van der Waals surface area contributed by atoms with Crippen LogP contribution in [0.1, 0.15) is 16.1 Å². The monoisotopic (exact) mass is 394 g/mol. The van der Waals surface area contributed by atoms with Crippen molar-refractivity contribution in [3.63, 3.8) is 0 Å². The molecule has 0 aliphatic heterocycles. The molecule has 2 amide bonds. The van der Waals surface area contributed by atoms with Crippen molar-refractivity contribution >= 4 is 29.2 Å². The number of benzene rings is 2. The number of rotatable bonds is 4. The molecule has 9 heteroatoms. The zero-order valence-corrected chi connectivity index (χ0v) is 15.7. The number of aromatic carboxylic acids is 1. The number of nitrogens with one attached hydrogen (secondary N) is 2. The molecule has 0 aliphatic carbocycles. The maximum absolute atomic E-state index is 12.8. The lowest BCUT2D eigenvalue weighted by Gasteiger charge is -2.08. The maximum Gasteiger partial charge on any atom is 0.337 e. The lowest BCUT2D eigenvalue weighted by Crippen LogP contribution is -2.32. The van der Waals surface area contributed by atoms with E-state index in [9.17, 15) is 19.2 Å². The maximum atomic E-state index is 12.8. The quantitative estimate of drug-likeness (QED) is 0.582. The number of carboxylic acids is 1. The smallest absolute Gasteiger partial charge is 0.337 e. The van der Waals surface area contributed by atoms with Crippen LogP contribution in [0.25, 0.3) is 5.69 Å². The molecule has 0 atom stereocenters. The second-order valence-corrected chi connectivity index (χ2v) is 6.20. The van der Waals surface area contributed by atoms with Crippen LogP contribution in [-0.4, -0.2) is 32.3 Å². The predicted octanol–water partition coefficient (Wildman–Crippen LogP) is 1.76. The number of anilines is 2. The Kier molecular flexibility index (Phi) is 5.31. The molecule has 2 aromatic carbocycles. The minimum atomic E-state index is -1.24. The molecule has 3 rings (SSSR count). The highest BCUT2D eigenvalue weighted by Gasteiger charge is 2.22. The minimum absolute atomic E-state index is 0.0216. The molecule has 0 saturated carbocycles. The van der Waals surface area contributed by atoms with Gasteiger partial charge in [-0.05, 0) is 31.2 Å². The lowest BCUT2D eigenvalue weighted by atomic mass is 10.2. The summed E-state index contributed by atoms with van der Waals surface area (Å²) in [5, 5.41) is 13.8. The second kappa shape index (κ2) is 7.85. The second-order valence-electron chi connectivity index (χ2n) is 6.20. The molecular weight excluding hydrogens is 376 g/mol. The highest BCUT2D eigenvalue weighted by Crippen LogP contribution is 2.16. The summed E-state index contributed by atoms with van der Waals surface area (Å²) in [4.78, 5) is 48.6. The van der Waals surface area contributed by atoms with Crippen molar-refractivity contribution in [3.05, 3.63) is 76.2 Å². The van der Waals surface area contributed by atoms with Crippen molar-refractivity contribution in [2.45, 2.75) is 6.92 Å². The number of carboxylic acid groups (broad SMARTS) is 1. The Balaban J connectivity index is 1.86. The van der Waals surface area contributed by atoms with Crippen LogP contribution in [0, 0.1) is 6.92 Å². The third kappa shape index (κ3) is 3.79. The molecule has 1 heterocycles. The van der Waals surface area contributed by atoms with E-state index in [-0.39, 0.29) is 16.9 Å². The first-order valence-electron chi connectivity index (χ1n) is 8.60. The van der Waals surface area contributed by atoms with Gasteiger partial charge >= 0.3 is 17.8 Å². The summed E-state index contributed by atoms with van der Waals surface area (Å²) in [6.07, 6.45) is 0. The fraction of sp³-hybridized carbons (Fsp3) is 0.100. The largest absolute Gasteiger partial charge is 0.478 e. The molecule has 29 heavy (non-hydrogen) atoms. The van der Waals surface area contributed by atoms with Gasteiger partial charge in [-0.3, -0.25) is 19.1 Å². The lowest BCUT2D eigenvalue weighted by molar-refractivity contribution is -0.133. The van der Waals surface area contributed by atoms with Crippen molar-refractivity contribution in [1.82, 2.24) is 9.36 Å². The van der Waals surface area contributed by atoms with Crippen molar-refractivity contribution in [3.8, 4) is 5.69 Å². The Morgan fingerprint density at radius 1 is 0.897 bits per heavy atom. The molecule has 0 saturated heterocycles. The van der Waals surface area contributed by atoms with E-state index in [2.05, 4.69) is 10.6 Å². The number of aromatic nitrogens is 2. The van der Waals surface area contributed by atoms with E-state index < -0.39 is 23.3 Å². The summed E-state index contributed by atoms with van der Waals surface area (Å²) >= 11 is 0. The van der Waals surface area contributed by atoms with E-state index >= 15 is 0 Å². The molecule has 3 N–H and O–H groups in total. The van der Waals surface area contributed by atoms with Crippen LogP contribution in [0.3, 0.4) is 0 Å². The standard InChI is InChI=1S/C20H18N4O5/c1-12-16(19(27)24(23(12)2)13-8-4-3-5-9-13)22-18(26)17(25)21-15-11-7-6-10-14(15)20(28)29/h3-11H,1-2H3,(H,21,25)(H,22,26)(H,28,29). The van der Waals surface area contributed by atoms with Crippen LogP contribution < -0.4 is 16.2 Å². The van der Waals surface area contributed by atoms with Crippen LogP contribution in [-0.2, 0) is 16.6 Å². The van der Waals surface area contributed by atoms with Crippen LogP contribution in [0.4, 0.5) is 11.4 Å². The average Bonchev–Trinajstić information content (AvgIpc) is 2.92. The van der Waals surface area contributed by atoms with Gasteiger partial charge < -0.3 is 15.7 Å². The number of nitrogens with zero attached hydrogens (tertiary/aromatic N) is 2. The number of para-hydroxylation sites is 2. The number of carbonyl (C=O) groups excluding carboxylic acids is 2. The van der Waals surface area contributed by atoms with Crippen molar-refractivity contribution in [2.24, 2.45) is 7.05 Å². The first-order chi connectivity index (χ1) is 13.8. The van der Waals surface area contributed by atoms with Gasteiger partial charge in [-0.2, -0.15) is 0 Å². The van der Waals surface area contributed by atoms with Crippen molar-refractivity contribution in [2.75, 3.05) is 10.6 Å². The number of hydrogen-bond donors (Lipinski definition) is 3. The number of amides is 2. The fourth-order valence-electron chi connectivity index (χ4n) is 2.84. The Labute approximate surface area is 165 Å². The summed E-state index contributed by atoms with van der Waals surface area (Å²) in [5.74, 6) is -3.42. The van der Waals surface area contributed by atoms with Gasteiger partial charge in [0.1, 0.15) is 5.69 Å². The third-order valence-corrected chi connectivity index (χ3v) is 4.40. The van der Waals surface area contributed by atoms with Gasteiger partial charge in [-0.15, -0.1) is 0 Å². The Bertz CT molecular complexity index is 1160. The van der Waals surface area contributed by atoms with Gasteiger partial charge in [0, 0.05) is 7.05 Å². The zero-order valence-electron chi connectivity index (χ0n) is 15.7. The molecule has 0 spiro atoms. The van der Waals surface area contributed by atoms with Gasteiger partial charge in [-0.1, -0.05) is 30.3 Å². The SMILES string of the molecule is Cc1c(NC(=O)C(=O)Nc2ccccc2C(=O)O)c(=O)n(-c2ccccc2)n1C. The van der Waals surface area contributed by atoms with Gasteiger partial charge in [0.05, 0.1) is 22.6 Å². The molecule has 148 valence electrons. The van der Waals surface area contributed by atoms with Crippen LogP contribution >= 0.6 is 0 Å². The Morgan fingerprint density at radius 2 is 1.48 bits per heavy atom. The van der Waals surface area contributed by atoms with E-state index in [0.717, 1.165) is 0 Å². The number of carbonyl (C=O) groups is 3. The van der Waals surface area contributed by atoms with Gasteiger partial charge in [-0.25, -0.2) is 9.48 Å². The van der Waals surface area contributed by atoms with Gasteiger partial charge in [0.25, 0.3) is 5.56 Å². The Hall–Kier alpha value is -4.14. The molecule has 1 aromatic heterocycles. The fourth-order valence-corrected chi connectivity index (χ4v) is 2.84. The third-order valence-electron chi connectivity index (χ3n) is 4.40. The number of hydrogen-bond acceptors (Lipinski definition) is 4. The highest BCUT2D eigenvalue weighted by molar-refractivity contribution is 6.44. The molecule has 0 unspecified atom stereocenters. The van der Waals surface area contributed by atoms with E-state index in [1.165, 1.54) is 28.9 Å². The summed E-state index contributed by atoms with van der Waals surface area (Å²) in [6, 6.07) is 14.5. The molecule has 0 radical (unpaired) electrons. The molecule has 0 aliphatic rings. The summed E-state index contributed by atoms with van der Waals surface area (Å²) in [7, 11) is 1.66. The molecule has 0 fully saturated rings.